The van der Waals surface area contributed by atoms with Gasteiger partial charge < -0.3 is 11.1 Å². The van der Waals surface area contributed by atoms with E-state index in [-0.39, 0.29) is 17.9 Å². The lowest BCUT2D eigenvalue weighted by atomic mass is 10.0. The van der Waals surface area contributed by atoms with Gasteiger partial charge >= 0.3 is 0 Å². The van der Waals surface area contributed by atoms with Crippen molar-refractivity contribution in [3.8, 4) is 0 Å². The molecule has 0 aliphatic carbocycles. The van der Waals surface area contributed by atoms with Gasteiger partial charge in [0.25, 0.3) is 0 Å². The lowest BCUT2D eigenvalue weighted by Crippen LogP contribution is -2.45. The van der Waals surface area contributed by atoms with Gasteiger partial charge in [-0.2, -0.15) is 0 Å². The lowest BCUT2D eigenvalue weighted by molar-refractivity contribution is -0.123. The summed E-state index contributed by atoms with van der Waals surface area (Å²) in [6.45, 7) is 3.90. The Bertz CT molecular complexity index is 537. The Morgan fingerprint density at radius 1 is 1.15 bits per heavy atom. The number of carbonyl (C=O) groups excluding carboxylic acids is 1. The molecule has 2 atom stereocenters. The van der Waals surface area contributed by atoms with Gasteiger partial charge in [-0.3, -0.25) is 4.79 Å². The molecule has 0 saturated carbocycles. The average Bonchev–Trinajstić information content (AvgIpc) is 2.98. The zero-order chi connectivity index (χ0) is 14.5. The van der Waals surface area contributed by atoms with E-state index in [1.807, 2.05) is 61.7 Å². The van der Waals surface area contributed by atoms with E-state index in [0.29, 0.717) is 0 Å². The predicted molar refractivity (Wildman–Crippen MR) is 83.6 cm³/mol. The Kier molecular flexibility index (Phi) is 4.93. The molecule has 0 bridgehead atoms. The van der Waals surface area contributed by atoms with Crippen LogP contribution >= 0.6 is 11.3 Å². The SMILES string of the molecule is CC(C)[C@@H](N)C(=O)NC(c1ccccc1)c1cccs1. The van der Waals surface area contributed by atoms with E-state index in [9.17, 15) is 4.79 Å². The van der Waals surface area contributed by atoms with Crippen molar-refractivity contribution in [2.45, 2.75) is 25.9 Å². The zero-order valence-corrected chi connectivity index (χ0v) is 12.6. The minimum absolute atomic E-state index is 0.109. The van der Waals surface area contributed by atoms with E-state index in [1.165, 1.54) is 0 Å². The number of hydrogen-bond acceptors (Lipinski definition) is 3. The molecular weight excluding hydrogens is 268 g/mol. The molecule has 0 spiro atoms. The van der Waals surface area contributed by atoms with Crippen LogP contribution in [-0.2, 0) is 4.79 Å². The van der Waals surface area contributed by atoms with Crippen molar-refractivity contribution in [2.24, 2.45) is 11.7 Å². The minimum Gasteiger partial charge on any atom is -0.343 e. The molecule has 1 aromatic heterocycles. The molecular formula is C16H20N2OS. The summed E-state index contributed by atoms with van der Waals surface area (Å²) in [5.41, 5.74) is 7.00. The number of hydrogen-bond donors (Lipinski definition) is 2. The molecule has 1 amide bonds. The predicted octanol–water partition coefficient (Wildman–Crippen LogP) is 2.94. The van der Waals surface area contributed by atoms with Gasteiger partial charge in [-0.25, -0.2) is 0 Å². The topological polar surface area (TPSA) is 55.1 Å². The van der Waals surface area contributed by atoms with Gasteiger partial charge in [0.15, 0.2) is 0 Å². The first-order valence-electron chi connectivity index (χ1n) is 6.74. The van der Waals surface area contributed by atoms with Gasteiger partial charge in [-0.15, -0.1) is 11.3 Å². The number of carbonyl (C=O) groups is 1. The van der Waals surface area contributed by atoms with E-state index < -0.39 is 6.04 Å². The van der Waals surface area contributed by atoms with Gasteiger partial charge in [0.1, 0.15) is 0 Å². The van der Waals surface area contributed by atoms with Crippen LogP contribution in [0, 0.1) is 5.92 Å². The van der Waals surface area contributed by atoms with Crippen molar-refractivity contribution in [1.29, 1.82) is 0 Å². The van der Waals surface area contributed by atoms with Crippen molar-refractivity contribution >= 4 is 17.2 Å². The third-order valence-corrected chi connectivity index (χ3v) is 4.21. The van der Waals surface area contributed by atoms with E-state index in [4.69, 9.17) is 5.73 Å². The van der Waals surface area contributed by atoms with Crippen LogP contribution in [0.1, 0.15) is 30.3 Å². The molecule has 1 heterocycles. The third kappa shape index (κ3) is 3.46. The summed E-state index contributed by atoms with van der Waals surface area (Å²) in [7, 11) is 0. The fourth-order valence-corrected chi connectivity index (χ4v) is 2.76. The van der Waals surface area contributed by atoms with Gasteiger partial charge in [0, 0.05) is 4.88 Å². The second-order valence-corrected chi connectivity index (χ2v) is 6.12. The van der Waals surface area contributed by atoms with Crippen molar-refractivity contribution in [3.63, 3.8) is 0 Å². The zero-order valence-electron chi connectivity index (χ0n) is 11.7. The van der Waals surface area contributed by atoms with Crippen LogP contribution in [0.5, 0.6) is 0 Å². The Labute approximate surface area is 123 Å². The molecule has 4 heteroatoms. The molecule has 1 unspecified atom stereocenters. The first-order valence-corrected chi connectivity index (χ1v) is 7.62. The molecule has 2 aromatic rings. The van der Waals surface area contributed by atoms with Crippen LogP contribution in [0.25, 0.3) is 0 Å². The molecule has 106 valence electrons. The highest BCUT2D eigenvalue weighted by atomic mass is 32.1. The number of amides is 1. The van der Waals surface area contributed by atoms with Crippen LogP contribution in [-0.4, -0.2) is 11.9 Å². The van der Waals surface area contributed by atoms with Crippen molar-refractivity contribution in [2.75, 3.05) is 0 Å². The van der Waals surface area contributed by atoms with Gasteiger partial charge in [-0.1, -0.05) is 50.2 Å². The summed E-state index contributed by atoms with van der Waals surface area (Å²) < 4.78 is 0. The second-order valence-electron chi connectivity index (χ2n) is 5.14. The maximum Gasteiger partial charge on any atom is 0.237 e. The molecule has 2 rings (SSSR count). The molecule has 3 N–H and O–H groups in total. The van der Waals surface area contributed by atoms with Gasteiger partial charge in [0.05, 0.1) is 12.1 Å². The van der Waals surface area contributed by atoms with Crippen molar-refractivity contribution in [1.82, 2.24) is 5.32 Å². The van der Waals surface area contributed by atoms with E-state index in [1.54, 1.807) is 11.3 Å². The first kappa shape index (κ1) is 14.8. The summed E-state index contributed by atoms with van der Waals surface area (Å²) in [6, 6.07) is 13.4. The summed E-state index contributed by atoms with van der Waals surface area (Å²) >= 11 is 1.63. The minimum atomic E-state index is -0.485. The smallest absolute Gasteiger partial charge is 0.237 e. The fourth-order valence-electron chi connectivity index (χ4n) is 1.96. The molecule has 0 aliphatic rings. The van der Waals surface area contributed by atoms with Crippen LogP contribution in [0.2, 0.25) is 0 Å². The maximum atomic E-state index is 12.2. The molecule has 0 aliphatic heterocycles. The van der Waals surface area contributed by atoms with Gasteiger partial charge in [0.2, 0.25) is 5.91 Å². The fraction of sp³-hybridized carbons (Fsp3) is 0.312. The highest BCUT2D eigenvalue weighted by molar-refractivity contribution is 7.10. The third-order valence-electron chi connectivity index (χ3n) is 3.27. The molecule has 1 aromatic carbocycles. The summed E-state index contributed by atoms with van der Waals surface area (Å²) in [4.78, 5) is 13.3. The first-order chi connectivity index (χ1) is 9.59. The molecule has 20 heavy (non-hydrogen) atoms. The highest BCUT2D eigenvalue weighted by Gasteiger charge is 2.23. The number of nitrogens with one attached hydrogen (secondary N) is 1. The Balaban J connectivity index is 2.23. The van der Waals surface area contributed by atoms with E-state index in [0.717, 1.165) is 10.4 Å². The standard InChI is InChI=1S/C16H20N2OS/c1-11(2)14(17)16(19)18-15(13-9-6-10-20-13)12-7-4-3-5-8-12/h3-11,14-15H,17H2,1-2H3,(H,18,19)/t14-,15?/m1/s1. The number of rotatable bonds is 5. The lowest BCUT2D eigenvalue weighted by Gasteiger charge is -2.22. The van der Waals surface area contributed by atoms with Crippen molar-refractivity contribution in [3.05, 3.63) is 58.3 Å². The Morgan fingerprint density at radius 2 is 1.85 bits per heavy atom. The molecule has 0 fully saturated rings. The maximum absolute atomic E-state index is 12.2. The number of nitrogens with two attached hydrogens (primary N) is 1. The number of thiophene rings is 1. The quantitative estimate of drug-likeness (QED) is 0.888. The molecule has 0 radical (unpaired) electrons. The average molecular weight is 288 g/mol. The highest BCUT2D eigenvalue weighted by Crippen LogP contribution is 2.26. The summed E-state index contributed by atoms with van der Waals surface area (Å²) in [5.74, 6) is 0.0111. The van der Waals surface area contributed by atoms with E-state index in [2.05, 4.69) is 5.32 Å². The number of benzene rings is 1. The normalized spacial score (nSPS) is 14.0. The summed E-state index contributed by atoms with van der Waals surface area (Å²) in [5, 5.41) is 5.08. The second kappa shape index (κ2) is 6.68. The summed E-state index contributed by atoms with van der Waals surface area (Å²) in [6.07, 6.45) is 0. The Morgan fingerprint density at radius 3 is 2.40 bits per heavy atom. The van der Waals surface area contributed by atoms with Crippen LogP contribution in [0.4, 0.5) is 0 Å². The molecule has 0 saturated heterocycles. The largest absolute Gasteiger partial charge is 0.343 e. The monoisotopic (exact) mass is 288 g/mol. The Hall–Kier alpha value is -1.65. The van der Waals surface area contributed by atoms with Gasteiger partial charge in [-0.05, 0) is 22.9 Å². The molecule has 3 nitrogen and oxygen atoms in total. The van der Waals surface area contributed by atoms with Crippen molar-refractivity contribution < 1.29 is 4.79 Å². The van der Waals surface area contributed by atoms with E-state index >= 15 is 0 Å². The van der Waals surface area contributed by atoms with Crippen LogP contribution in [0.15, 0.2) is 47.8 Å². The van der Waals surface area contributed by atoms with Crippen LogP contribution in [0.3, 0.4) is 0 Å². The van der Waals surface area contributed by atoms with Crippen LogP contribution < -0.4 is 11.1 Å².